The lowest BCUT2D eigenvalue weighted by Crippen LogP contribution is -1.62. The van der Waals surface area contributed by atoms with Gasteiger partial charge in [0, 0.05) is 0 Å². The standard InChI is InChI=1S/C2H2N2S3.H2O/c5-1-3-4-2(6)7-1;/h(H,3,5)(H,4,6);1H2. The second kappa shape index (κ2) is 3.29. The van der Waals surface area contributed by atoms with E-state index in [0.717, 1.165) is 0 Å². The molecule has 1 rings (SSSR count). The Morgan fingerprint density at radius 1 is 1.12 bits per heavy atom. The van der Waals surface area contributed by atoms with E-state index in [-0.39, 0.29) is 5.48 Å². The summed E-state index contributed by atoms with van der Waals surface area (Å²) in [4.78, 5) is 0. The molecule has 8 heavy (non-hydrogen) atoms. The van der Waals surface area contributed by atoms with E-state index in [1.807, 2.05) is 0 Å². The summed E-state index contributed by atoms with van der Waals surface area (Å²) < 4.78 is 1.31. The Balaban J connectivity index is 0.000000490. The van der Waals surface area contributed by atoms with Gasteiger partial charge >= 0.3 is 0 Å². The topological polar surface area (TPSA) is 57.3 Å². The van der Waals surface area contributed by atoms with Crippen molar-refractivity contribution in [3.63, 3.8) is 0 Å². The molecule has 0 aliphatic carbocycles. The second-order valence-electron chi connectivity index (χ2n) is 0.867. The van der Waals surface area contributed by atoms with Gasteiger partial charge in [-0.1, -0.05) is 11.3 Å². The monoisotopic (exact) mass is 168 g/mol. The Morgan fingerprint density at radius 3 is 1.62 bits per heavy atom. The Morgan fingerprint density at radius 2 is 1.50 bits per heavy atom. The van der Waals surface area contributed by atoms with E-state index in [2.05, 4.69) is 35.5 Å². The van der Waals surface area contributed by atoms with Crippen LogP contribution in [0.25, 0.3) is 0 Å². The van der Waals surface area contributed by atoms with Gasteiger partial charge in [-0.2, -0.15) is 0 Å². The number of thiol groups is 2. The lowest BCUT2D eigenvalue weighted by atomic mass is 11.6. The SMILES string of the molecule is O.Sc1nnc(S)s1. The third-order valence-corrected chi connectivity index (χ3v) is 1.66. The van der Waals surface area contributed by atoms with Gasteiger partial charge in [-0.25, -0.2) is 0 Å². The Labute approximate surface area is 61.3 Å². The number of hydrogen-bond acceptors (Lipinski definition) is 5. The van der Waals surface area contributed by atoms with Gasteiger partial charge in [0.15, 0.2) is 8.68 Å². The van der Waals surface area contributed by atoms with Crippen molar-refractivity contribution in [2.24, 2.45) is 0 Å². The molecule has 0 bridgehead atoms. The molecule has 0 amide bonds. The summed E-state index contributed by atoms with van der Waals surface area (Å²) in [5.74, 6) is 0. The first kappa shape index (κ1) is 8.22. The molecule has 1 aromatic rings. The first-order valence-electron chi connectivity index (χ1n) is 1.50. The van der Waals surface area contributed by atoms with Gasteiger partial charge in [-0.3, -0.25) is 0 Å². The number of nitrogens with zero attached hydrogens (tertiary/aromatic N) is 2. The Hall–Kier alpha value is 0.220. The fourth-order valence-corrected chi connectivity index (χ4v) is 1.36. The van der Waals surface area contributed by atoms with Crippen molar-refractivity contribution in [3.8, 4) is 0 Å². The summed E-state index contributed by atoms with van der Waals surface area (Å²) in [5.41, 5.74) is 0. The Bertz CT molecular complexity index is 148. The molecule has 6 heteroatoms. The zero-order valence-corrected chi connectivity index (χ0v) is 6.30. The van der Waals surface area contributed by atoms with Crippen LogP contribution in [0.2, 0.25) is 0 Å². The highest BCUT2D eigenvalue weighted by molar-refractivity contribution is 7.85. The molecule has 0 spiro atoms. The fourth-order valence-electron chi connectivity index (χ4n) is 0.208. The van der Waals surface area contributed by atoms with Crippen molar-refractivity contribution in [1.29, 1.82) is 0 Å². The van der Waals surface area contributed by atoms with Gasteiger partial charge < -0.3 is 5.48 Å². The molecule has 2 N–H and O–H groups in total. The van der Waals surface area contributed by atoms with Crippen molar-refractivity contribution >= 4 is 36.6 Å². The van der Waals surface area contributed by atoms with Crippen LogP contribution >= 0.6 is 36.6 Å². The molecule has 0 aromatic carbocycles. The van der Waals surface area contributed by atoms with E-state index in [1.54, 1.807) is 0 Å². The molecule has 0 radical (unpaired) electrons. The maximum Gasteiger partial charge on any atom is 0.172 e. The lowest BCUT2D eigenvalue weighted by molar-refractivity contribution is 0.824. The largest absolute Gasteiger partial charge is 0.412 e. The molecule has 3 nitrogen and oxygen atoms in total. The Kier molecular flexibility index (Phi) is 3.38. The zero-order valence-electron chi connectivity index (χ0n) is 3.70. The van der Waals surface area contributed by atoms with Crippen molar-refractivity contribution in [1.82, 2.24) is 10.2 Å². The first-order valence-corrected chi connectivity index (χ1v) is 3.21. The van der Waals surface area contributed by atoms with Crippen LogP contribution < -0.4 is 0 Å². The molecule has 0 fully saturated rings. The van der Waals surface area contributed by atoms with Crippen LogP contribution in [0.5, 0.6) is 0 Å². The molecule has 0 unspecified atom stereocenters. The fraction of sp³-hybridized carbons (Fsp3) is 0. The quantitative estimate of drug-likeness (QED) is 0.547. The second-order valence-corrected chi connectivity index (χ2v) is 3.30. The smallest absolute Gasteiger partial charge is 0.172 e. The maximum absolute atomic E-state index is 3.90. The third-order valence-electron chi connectivity index (χ3n) is 0.404. The van der Waals surface area contributed by atoms with Crippen molar-refractivity contribution in [3.05, 3.63) is 0 Å². The van der Waals surface area contributed by atoms with Crippen LogP contribution in [0.15, 0.2) is 8.68 Å². The van der Waals surface area contributed by atoms with Crippen molar-refractivity contribution in [2.45, 2.75) is 8.68 Å². The molecule has 0 aliphatic heterocycles. The molecular weight excluding hydrogens is 164 g/mol. The minimum absolute atomic E-state index is 0. The summed E-state index contributed by atoms with van der Waals surface area (Å²) in [6.45, 7) is 0. The van der Waals surface area contributed by atoms with Crippen LogP contribution in [-0.4, -0.2) is 15.7 Å². The first-order chi connectivity index (χ1) is 3.29. The number of hydrogen-bond donors (Lipinski definition) is 2. The van der Waals surface area contributed by atoms with E-state index in [1.165, 1.54) is 11.3 Å². The summed E-state index contributed by atoms with van der Waals surface area (Å²) in [5, 5.41) is 7.15. The average molecular weight is 168 g/mol. The van der Waals surface area contributed by atoms with E-state index >= 15 is 0 Å². The van der Waals surface area contributed by atoms with E-state index in [9.17, 15) is 0 Å². The lowest BCUT2D eigenvalue weighted by Gasteiger charge is -1.63. The molecule has 46 valence electrons. The van der Waals surface area contributed by atoms with Gasteiger partial charge in [0.1, 0.15) is 0 Å². The molecule has 1 heterocycles. The minimum Gasteiger partial charge on any atom is -0.412 e. The average Bonchev–Trinajstić information content (AvgIpc) is 1.87. The molecule has 0 atom stereocenters. The molecule has 0 saturated heterocycles. The van der Waals surface area contributed by atoms with E-state index in [0.29, 0.717) is 8.68 Å². The molecule has 0 saturated carbocycles. The summed E-state index contributed by atoms with van der Waals surface area (Å²) in [6, 6.07) is 0. The van der Waals surface area contributed by atoms with Gasteiger partial charge in [0.05, 0.1) is 0 Å². The highest BCUT2D eigenvalue weighted by Gasteiger charge is 1.90. The van der Waals surface area contributed by atoms with Crippen LogP contribution in [0.4, 0.5) is 0 Å². The molecule has 1 aromatic heterocycles. The summed E-state index contributed by atoms with van der Waals surface area (Å²) >= 11 is 9.15. The minimum atomic E-state index is 0. The van der Waals surface area contributed by atoms with Gasteiger partial charge in [-0.15, -0.1) is 35.5 Å². The third kappa shape index (κ3) is 1.99. The molecule has 0 aliphatic rings. The van der Waals surface area contributed by atoms with E-state index < -0.39 is 0 Å². The van der Waals surface area contributed by atoms with Crippen LogP contribution in [0.3, 0.4) is 0 Å². The summed E-state index contributed by atoms with van der Waals surface area (Å²) in [6.07, 6.45) is 0. The number of rotatable bonds is 0. The zero-order chi connectivity index (χ0) is 5.28. The maximum atomic E-state index is 3.90. The highest BCUT2D eigenvalue weighted by Crippen LogP contribution is 2.14. The number of aromatic nitrogens is 2. The predicted octanol–water partition coefficient (Wildman–Crippen LogP) is 0.291. The van der Waals surface area contributed by atoms with Crippen LogP contribution in [0.1, 0.15) is 0 Å². The van der Waals surface area contributed by atoms with Crippen LogP contribution in [-0.2, 0) is 0 Å². The van der Waals surface area contributed by atoms with Crippen molar-refractivity contribution in [2.75, 3.05) is 0 Å². The van der Waals surface area contributed by atoms with Crippen LogP contribution in [0, 0.1) is 0 Å². The summed E-state index contributed by atoms with van der Waals surface area (Å²) in [7, 11) is 0. The highest BCUT2D eigenvalue weighted by atomic mass is 32.2. The molecular formula is C2H4N2OS3. The predicted molar refractivity (Wildman–Crippen MR) is 38.0 cm³/mol. The normalized spacial score (nSPS) is 8.25. The van der Waals surface area contributed by atoms with Crippen molar-refractivity contribution < 1.29 is 5.48 Å². The van der Waals surface area contributed by atoms with Gasteiger partial charge in [0.2, 0.25) is 0 Å². The van der Waals surface area contributed by atoms with E-state index in [4.69, 9.17) is 0 Å². The van der Waals surface area contributed by atoms with Gasteiger partial charge in [0.25, 0.3) is 0 Å². The van der Waals surface area contributed by atoms with Gasteiger partial charge in [-0.05, 0) is 0 Å².